The van der Waals surface area contributed by atoms with Crippen LogP contribution in [0, 0.1) is 7.14 Å². The van der Waals surface area contributed by atoms with E-state index >= 15 is 0 Å². The Hall–Kier alpha value is 0.690. The maximum absolute atomic E-state index is 9.96. The molecule has 1 aromatic rings. The summed E-state index contributed by atoms with van der Waals surface area (Å²) < 4.78 is 1.53. The van der Waals surface area contributed by atoms with Gasteiger partial charge in [-0.3, -0.25) is 0 Å². The number of aliphatic hydroxyl groups excluding tert-OH is 1. The molecule has 0 saturated heterocycles. The van der Waals surface area contributed by atoms with Crippen LogP contribution >= 0.6 is 57.6 Å². The molecule has 0 aromatic heterocycles. The second-order valence-electron chi connectivity index (χ2n) is 4.07. The molecule has 0 aliphatic carbocycles. The Balaban J connectivity index is 0.00000289. The zero-order chi connectivity index (χ0) is 13.0. The lowest BCUT2D eigenvalue weighted by atomic mass is 9.98. The van der Waals surface area contributed by atoms with E-state index in [0.717, 1.165) is 25.5 Å². The van der Waals surface area contributed by atoms with Crippen molar-refractivity contribution in [1.29, 1.82) is 0 Å². The van der Waals surface area contributed by atoms with E-state index in [2.05, 4.69) is 52.1 Å². The molecule has 0 radical (unpaired) electrons. The van der Waals surface area contributed by atoms with Crippen LogP contribution in [0.15, 0.2) is 12.1 Å². The van der Waals surface area contributed by atoms with Gasteiger partial charge in [0.15, 0.2) is 0 Å². The second-order valence-corrected chi connectivity index (χ2v) is 6.39. The number of rotatable bonds is 5. The number of hydrogen-bond donors (Lipinski definition) is 3. The quantitative estimate of drug-likeness (QED) is 0.545. The minimum Gasteiger partial charge on any atom is -0.506 e. The lowest BCUT2D eigenvalue weighted by molar-refractivity contribution is 0.132. The van der Waals surface area contributed by atoms with E-state index in [1.54, 1.807) is 0 Å². The molecule has 0 fully saturated rings. The molecule has 0 spiro atoms. The molecule has 0 saturated carbocycles. The summed E-state index contributed by atoms with van der Waals surface area (Å²) in [6.45, 7) is 2.09. The van der Waals surface area contributed by atoms with Crippen molar-refractivity contribution < 1.29 is 10.2 Å². The molecular formula is C12H18ClI2NO2. The van der Waals surface area contributed by atoms with Crippen LogP contribution in [-0.4, -0.2) is 16.3 Å². The highest BCUT2D eigenvalue weighted by Gasteiger charge is 2.18. The van der Waals surface area contributed by atoms with E-state index in [-0.39, 0.29) is 24.2 Å². The monoisotopic (exact) mass is 497 g/mol. The van der Waals surface area contributed by atoms with Gasteiger partial charge in [-0.2, -0.15) is 0 Å². The normalized spacial score (nSPS) is 13.8. The van der Waals surface area contributed by atoms with Gasteiger partial charge in [-0.15, -0.1) is 12.4 Å². The van der Waals surface area contributed by atoms with Crippen molar-refractivity contribution >= 4 is 57.6 Å². The molecule has 0 unspecified atom stereocenters. The van der Waals surface area contributed by atoms with Crippen molar-refractivity contribution in [2.45, 2.75) is 38.3 Å². The number of phenolic OH excluding ortho intramolecular Hbond substituents is 1. The van der Waals surface area contributed by atoms with E-state index in [1.807, 2.05) is 12.1 Å². The van der Waals surface area contributed by atoms with Crippen LogP contribution in [0.2, 0.25) is 0 Å². The minimum atomic E-state index is -0.522. The first-order valence-electron chi connectivity index (χ1n) is 5.59. The highest BCUT2D eigenvalue weighted by atomic mass is 127. The summed E-state index contributed by atoms with van der Waals surface area (Å²) in [6, 6.07) is 3.28. The van der Waals surface area contributed by atoms with Gasteiger partial charge < -0.3 is 15.9 Å². The zero-order valence-corrected chi connectivity index (χ0v) is 15.2. The van der Waals surface area contributed by atoms with E-state index in [4.69, 9.17) is 5.73 Å². The molecule has 104 valence electrons. The van der Waals surface area contributed by atoms with Gasteiger partial charge in [-0.05, 0) is 69.3 Å². The Bertz CT molecular complexity index is 367. The van der Waals surface area contributed by atoms with E-state index < -0.39 is 6.10 Å². The largest absolute Gasteiger partial charge is 0.506 e. The molecular weight excluding hydrogens is 479 g/mol. The molecule has 0 heterocycles. The first-order valence-corrected chi connectivity index (χ1v) is 7.74. The van der Waals surface area contributed by atoms with E-state index in [0.29, 0.717) is 6.42 Å². The summed E-state index contributed by atoms with van der Waals surface area (Å²) in [5.41, 5.74) is 6.90. The van der Waals surface area contributed by atoms with Gasteiger partial charge in [0, 0.05) is 0 Å². The van der Waals surface area contributed by atoms with Crippen LogP contribution in [0.1, 0.15) is 37.8 Å². The fraction of sp³-hybridized carbons (Fsp3) is 0.500. The van der Waals surface area contributed by atoms with Crippen molar-refractivity contribution in [2.24, 2.45) is 5.73 Å². The molecule has 0 amide bonds. The number of phenols is 1. The third kappa shape index (κ3) is 4.99. The Labute approximate surface area is 141 Å². The van der Waals surface area contributed by atoms with Gasteiger partial charge >= 0.3 is 0 Å². The Morgan fingerprint density at radius 3 is 2.22 bits per heavy atom. The number of benzene rings is 1. The van der Waals surface area contributed by atoms with Crippen molar-refractivity contribution in [3.63, 3.8) is 0 Å². The van der Waals surface area contributed by atoms with Crippen LogP contribution in [0.4, 0.5) is 0 Å². The van der Waals surface area contributed by atoms with E-state index in [1.165, 1.54) is 0 Å². The Morgan fingerprint density at radius 2 is 1.78 bits per heavy atom. The van der Waals surface area contributed by atoms with Crippen molar-refractivity contribution in [3.05, 3.63) is 24.8 Å². The number of hydrogen-bond acceptors (Lipinski definition) is 3. The SMILES string of the molecule is CCCC[C@@H](O)[C@@H](N)c1cc(I)c(O)c(I)c1.Cl. The highest BCUT2D eigenvalue weighted by molar-refractivity contribution is 14.1. The molecule has 18 heavy (non-hydrogen) atoms. The summed E-state index contributed by atoms with van der Waals surface area (Å²) in [5, 5.41) is 19.6. The third-order valence-electron chi connectivity index (χ3n) is 2.69. The van der Waals surface area contributed by atoms with Gasteiger partial charge in [-0.1, -0.05) is 19.8 Å². The highest BCUT2D eigenvalue weighted by Crippen LogP contribution is 2.30. The second kappa shape index (κ2) is 8.78. The summed E-state index contributed by atoms with van der Waals surface area (Å²) in [7, 11) is 0. The first-order chi connectivity index (χ1) is 7.97. The van der Waals surface area contributed by atoms with Crippen molar-refractivity contribution in [1.82, 2.24) is 0 Å². The average Bonchev–Trinajstić information content (AvgIpc) is 2.31. The van der Waals surface area contributed by atoms with Crippen LogP contribution < -0.4 is 5.73 Å². The van der Waals surface area contributed by atoms with Crippen molar-refractivity contribution in [2.75, 3.05) is 0 Å². The predicted molar refractivity (Wildman–Crippen MR) is 93.2 cm³/mol. The maximum atomic E-state index is 9.96. The molecule has 4 N–H and O–H groups in total. The predicted octanol–water partition coefficient (Wildman–Crippen LogP) is 3.57. The van der Waals surface area contributed by atoms with Crippen LogP contribution in [0.3, 0.4) is 0 Å². The lowest BCUT2D eigenvalue weighted by Crippen LogP contribution is -2.26. The Morgan fingerprint density at radius 1 is 1.28 bits per heavy atom. The van der Waals surface area contributed by atoms with E-state index in [9.17, 15) is 10.2 Å². The number of nitrogens with two attached hydrogens (primary N) is 1. The number of aliphatic hydroxyl groups is 1. The van der Waals surface area contributed by atoms with Gasteiger partial charge in [0.05, 0.1) is 19.3 Å². The number of aromatic hydroxyl groups is 1. The molecule has 6 heteroatoms. The summed E-state index contributed by atoms with van der Waals surface area (Å²) in [4.78, 5) is 0. The molecule has 1 aromatic carbocycles. The molecule has 1 rings (SSSR count). The summed E-state index contributed by atoms with van der Waals surface area (Å²) in [6.07, 6.45) is 2.22. The Kier molecular flexibility index (Phi) is 9.12. The van der Waals surface area contributed by atoms with Gasteiger partial charge in [-0.25, -0.2) is 0 Å². The van der Waals surface area contributed by atoms with Crippen LogP contribution in [0.5, 0.6) is 5.75 Å². The molecule has 0 bridgehead atoms. The average molecular weight is 498 g/mol. The topological polar surface area (TPSA) is 66.5 Å². The van der Waals surface area contributed by atoms with Gasteiger partial charge in [0.25, 0.3) is 0 Å². The smallest absolute Gasteiger partial charge is 0.142 e. The number of halogens is 3. The van der Waals surface area contributed by atoms with Crippen LogP contribution in [0.25, 0.3) is 0 Å². The maximum Gasteiger partial charge on any atom is 0.142 e. The number of unbranched alkanes of at least 4 members (excludes halogenated alkanes) is 1. The molecule has 0 aliphatic heterocycles. The third-order valence-corrected chi connectivity index (χ3v) is 4.34. The van der Waals surface area contributed by atoms with Gasteiger partial charge in [0.2, 0.25) is 0 Å². The summed E-state index contributed by atoms with van der Waals surface area (Å²) in [5.74, 6) is 0.283. The van der Waals surface area contributed by atoms with Gasteiger partial charge in [0.1, 0.15) is 5.75 Å². The fourth-order valence-corrected chi connectivity index (χ4v) is 3.41. The zero-order valence-electron chi connectivity index (χ0n) is 10.1. The fourth-order valence-electron chi connectivity index (χ4n) is 1.59. The first kappa shape index (κ1) is 18.7. The molecule has 3 nitrogen and oxygen atoms in total. The summed E-state index contributed by atoms with van der Waals surface area (Å²) >= 11 is 4.14. The molecule has 0 aliphatic rings. The molecule has 2 atom stereocenters. The minimum absolute atomic E-state index is 0. The lowest BCUT2D eigenvalue weighted by Gasteiger charge is -2.20. The van der Waals surface area contributed by atoms with Crippen molar-refractivity contribution in [3.8, 4) is 5.75 Å². The standard InChI is InChI=1S/C12H17I2NO2.ClH/c1-2-3-4-10(16)11(15)7-5-8(13)12(17)9(14)6-7;/h5-6,10-11,16-17H,2-4,15H2,1H3;1H/t10-,11+;/m1./s1. The van der Waals surface area contributed by atoms with Crippen LogP contribution in [-0.2, 0) is 0 Å².